The van der Waals surface area contributed by atoms with Gasteiger partial charge in [0, 0.05) is 36.6 Å². The summed E-state index contributed by atoms with van der Waals surface area (Å²) in [5.74, 6) is 0.745. The monoisotopic (exact) mass is 706 g/mol. The van der Waals surface area contributed by atoms with Crippen molar-refractivity contribution < 1.29 is 38.8 Å². The van der Waals surface area contributed by atoms with E-state index in [1.807, 2.05) is 46.9 Å². The molecule has 2 aliphatic carbocycles. The Morgan fingerprint density at radius 3 is 2.58 bits per heavy atom. The lowest BCUT2D eigenvalue weighted by Crippen LogP contribution is -2.56. The summed E-state index contributed by atoms with van der Waals surface area (Å²) in [6.07, 6.45) is 4.27. The average Bonchev–Trinajstić information content (AvgIpc) is 3.57. The highest BCUT2D eigenvalue weighted by Gasteiger charge is 2.42. The molecule has 1 saturated carbocycles. The Labute approximate surface area is 265 Å². The molecular formula is C32H39IN2O8. The van der Waals surface area contributed by atoms with Gasteiger partial charge in [0.15, 0.2) is 11.5 Å². The van der Waals surface area contributed by atoms with E-state index in [-0.39, 0.29) is 31.4 Å². The van der Waals surface area contributed by atoms with Crippen molar-refractivity contribution in [3.05, 3.63) is 62.7 Å². The average molecular weight is 707 g/mol. The highest BCUT2D eigenvalue weighted by atomic mass is 127. The highest BCUT2D eigenvalue weighted by molar-refractivity contribution is 14.1. The van der Waals surface area contributed by atoms with E-state index in [0.717, 1.165) is 31.2 Å². The van der Waals surface area contributed by atoms with Gasteiger partial charge >= 0.3 is 0 Å². The Bertz CT molecular complexity index is 1330. The van der Waals surface area contributed by atoms with E-state index in [1.54, 1.807) is 30.2 Å². The smallest absolute Gasteiger partial charge is 0.247 e. The van der Waals surface area contributed by atoms with Crippen LogP contribution in [0.25, 0.3) is 0 Å². The Morgan fingerprint density at radius 2 is 1.91 bits per heavy atom. The minimum Gasteiger partial charge on any atom is -0.497 e. The molecule has 0 aromatic heterocycles. The zero-order valence-electron chi connectivity index (χ0n) is 24.5. The van der Waals surface area contributed by atoms with Crippen LogP contribution >= 0.6 is 22.6 Å². The number of carbonyl (C=O) groups excluding carboxylic acids is 3. The maximum absolute atomic E-state index is 14.0. The van der Waals surface area contributed by atoms with Crippen LogP contribution in [0.15, 0.2) is 48.0 Å². The van der Waals surface area contributed by atoms with E-state index in [0.29, 0.717) is 51.2 Å². The maximum Gasteiger partial charge on any atom is 0.247 e. The van der Waals surface area contributed by atoms with Gasteiger partial charge in [-0.05, 0) is 77.8 Å². The normalized spacial score (nSPS) is 20.2. The number of hydrogen-bond acceptors (Lipinski definition) is 8. The maximum atomic E-state index is 14.0. The number of nitrogens with zero attached hydrogens (tertiary/aromatic N) is 1. The Morgan fingerprint density at radius 1 is 1.14 bits per heavy atom. The Kier molecular flexibility index (Phi) is 11.8. The molecule has 3 unspecified atom stereocenters. The summed E-state index contributed by atoms with van der Waals surface area (Å²) in [4.78, 5) is 40.3. The van der Waals surface area contributed by atoms with Crippen LogP contribution in [0, 0.1) is 9.49 Å². The van der Waals surface area contributed by atoms with Crippen LogP contribution in [-0.4, -0.2) is 85.4 Å². The summed E-state index contributed by atoms with van der Waals surface area (Å²) in [6.45, 7) is 0.169. The second-order valence-corrected chi connectivity index (χ2v) is 11.9. The molecule has 3 atom stereocenters. The summed E-state index contributed by atoms with van der Waals surface area (Å²) in [5.41, 5.74) is 1.73. The number of carbonyl (C=O) groups is 3. The molecule has 2 aromatic carbocycles. The number of hydrogen-bond donors (Lipinski definition) is 3. The van der Waals surface area contributed by atoms with E-state index >= 15 is 0 Å². The van der Waals surface area contributed by atoms with Crippen LogP contribution in [0.3, 0.4) is 0 Å². The SMILES string of the molecule is COc1cccc(CCN(C(=O)C2CCCC2)C2CC(C(=O)NCCO)=CC(Oc3c(I)cc(C=O)cc3OC)C2O)c1. The van der Waals surface area contributed by atoms with E-state index in [2.05, 4.69) is 5.32 Å². The fourth-order valence-electron chi connectivity index (χ4n) is 5.76. The number of aliphatic hydroxyl groups is 2. The second kappa shape index (κ2) is 15.5. The van der Waals surface area contributed by atoms with Gasteiger partial charge in [0.05, 0.1) is 30.4 Å². The molecule has 43 heavy (non-hydrogen) atoms. The van der Waals surface area contributed by atoms with Gasteiger partial charge in [-0.3, -0.25) is 14.4 Å². The van der Waals surface area contributed by atoms with Crippen LogP contribution < -0.4 is 19.5 Å². The molecular weight excluding hydrogens is 667 g/mol. The van der Waals surface area contributed by atoms with E-state index in [9.17, 15) is 24.6 Å². The van der Waals surface area contributed by atoms with Crippen molar-refractivity contribution in [2.75, 3.05) is 33.9 Å². The highest BCUT2D eigenvalue weighted by Crippen LogP contribution is 2.37. The predicted octanol–water partition coefficient (Wildman–Crippen LogP) is 3.30. The molecule has 232 valence electrons. The summed E-state index contributed by atoms with van der Waals surface area (Å²) in [5, 5.41) is 23.8. The van der Waals surface area contributed by atoms with Crippen molar-refractivity contribution in [3.63, 3.8) is 0 Å². The first-order valence-corrected chi connectivity index (χ1v) is 15.6. The molecule has 4 rings (SSSR count). The summed E-state index contributed by atoms with van der Waals surface area (Å²) < 4.78 is 17.8. The molecule has 0 bridgehead atoms. The third-order valence-corrected chi connectivity index (χ3v) is 8.82. The number of amides is 2. The molecule has 0 aliphatic heterocycles. The molecule has 11 heteroatoms. The van der Waals surface area contributed by atoms with Gasteiger partial charge < -0.3 is 34.6 Å². The second-order valence-electron chi connectivity index (χ2n) is 10.8. The third-order valence-electron chi connectivity index (χ3n) is 8.02. The molecule has 2 amide bonds. The predicted molar refractivity (Wildman–Crippen MR) is 168 cm³/mol. The molecule has 0 saturated heterocycles. The number of aldehydes is 1. The summed E-state index contributed by atoms with van der Waals surface area (Å²) in [6, 6.07) is 10.1. The molecule has 0 spiro atoms. The van der Waals surface area contributed by atoms with Gasteiger partial charge in [-0.15, -0.1) is 0 Å². The first kappa shape index (κ1) is 32.7. The molecule has 2 aliphatic rings. The van der Waals surface area contributed by atoms with Crippen molar-refractivity contribution in [3.8, 4) is 17.2 Å². The van der Waals surface area contributed by atoms with Gasteiger partial charge in [0.1, 0.15) is 24.2 Å². The van der Waals surface area contributed by atoms with Gasteiger partial charge in [-0.25, -0.2) is 0 Å². The minimum atomic E-state index is -1.17. The lowest BCUT2D eigenvalue weighted by Gasteiger charge is -2.41. The van der Waals surface area contributed by atoms with Crippen LogP contribution in [0.5, 0.6) is 17.2 Å². The largest absolute Gasteiger partial charge is 0.497 e. The molecule has 10 nitrogen and oxygen atoms in total. The zero-order valence-corrected chi connectivity index (χ0v) is 26.6. The molecule has 0 heterocycles. The van der Waals surface area contributed by atoms with Gasteiger partial charge in [0.25, 0.3) is 0 Å². The van der Waals surface area contributed by atoms with Crippen LogP contribution in [0.2, 0.25) is 0 Å². The first-order valence-electron chi connectivity index (χ1n) is 14.5. The van der Waals surface area contributed by atoms with Crippen molar-refractivity contribution in [2.45, 2.75) is 56.8 Å². The van der Waals surface area contributed by atoms with E-state index in [4.69, 9.17) is 14.2 Å². The zero-order chi connectivity index (χ0) is 30.9. The number of rotatable bonds is 13. The van der Waals surface area contributed by atoms with Crippen molar-refractivity contribution >= 4 is 40.7 Å². The number of nitrogens with one attached hydrogen (secondary N) is 1. The lowest BCUT2D eigenvalue weighted by molar-refractivity contribution is -0.142. The van der Waals surface area contributed by atoms with Gasteiger partial charge in [-0.1, -0.05) is 25.0 Å². The fraction of sp³-hybridized carbons (Fsp3) is 0.469. The fourth-order valence-corrected chi connectivity index (χ4v) is 6.51. The van der Waals surface area contributed by atoms with Crippen LogP contribution in [-0.2, 0) is 16.0 Å². The summed E-state index contributed by atoms with van der Waals surface area (Å²) >= 11 is 2.03. The Balaban J connectivity index is 1.70. The topological polar surface area (TPSA) is 135 Å². The first-order chi connectivity index (χ1) is 20.8. The molecule has 3 N–H and O–H groups in total. The van der Waals surface area contributed by atoms with Crippen LogP contribution in [0.1, 0.15) is 48.0 Å². The minimum absolute atomic E-state index is 0.0392. The van der Waals surface area contributed by atoms with E-state index in [1.165, 1.54) is 7.11 Å². The Hall–Kier alpha value is -3.16. The van der Waals surface area contributed by atoms with Crippen molar-refractivity contribution in [2.24, 2.45) is 5.92 Å². The molecule has 1 fully saturated rings. The number of halogens is 1. The third kappa shape index (κ3) is 8.07. The summed E-state index contributed by atoms with van der Waals surface area (Å²) in [7, 11) is 3.06. The quantitative estimate of drug-likeness (QED) is 0.214. The molecule has 2 aromatic rings. The lowest BCUT2D eigenvalue weighted by atomic mass is 9.87. The van der Waals surface area contributed by atoms with E-state index < -0.39 is 24.2 Å². The number of aliphatic hydroxyl groups excluding tert-OH is 2. The molecule has 0 radical (unpaired) electrons. The standard InChI is InChI=1S/C32H39IN2O8/c1-41-24-9-5-6-20(14-24)10-12-35(32(40)22-7-3-4-8-22)26-17-23(31(39)34-11-13-36)18-27(29(26)38)43-30-25(33)15-21(19-37)16-28(30)42-2/h5-6,9,14-16,18-19,22,26-27,29,36,38H,3-4,7-8,10-13,17H2,1-2H3,(H,34,39). The van der Waals surface area contributed by atoms with Crippen molar-refractivity contribution in [1.82, 2.24) is 10.2 Å². The van der Waals surface area contributed by atoms with Crippen LogP contribution in [0.4, 0.5) is 0 Å². The van der Waals surface area contributed by atoms with Gasteiger partial charge in [-0.2, -0.15) is 0 Å². The number of methoxy groups -OCH3 is 2. The van der Waals surface area contributed by atoms with Crippen molar-refractivity contribution in [1.29, 1.82) is 0 Å². The number of benzene rings is 2. The van der Waals surface area contributed by atoms with Gasteiger partial charge in [0.2, 0.25) is 11.8 Å². The number of ether oxygens (including phenoxy) is 3.